The summed E-state index contributed by atoms with van der Waals surface area (Å²) >= 11 is 1.32. The molecule has 3 N–H and O–H groups in total. The van der Waals surface area contributed by atoms with Gasteiger partial charge in [-0.25, -0.2) is 4.79 Å². The number of thiophene rings is 1. The molecule has 0 spiro atoms. The quantitative estimate of drug-likeness (QED) is 0.579. The minimum atomic E-state index is -0.639. The maximum atomic E-state index is 12.2. The van der Waals surface area contributed by atoms with Gasteiger partial charge in [0.2, 0.25) is 0 Å². The number of carbonyl (C=O) groups excluding carboxylic acids is 1. The Hall–Kier alpha value is -2.15. The van der Waals surface area contributed by atoms with Gasteiger partial charge in [-0.2, -0.15) is 0 Å². The molecule has 1 aromatic carbocycles. The number of benzene rings is 1. The zero-order chi connectivity index (χ0) is 16.4. The van der Waals surface area contributed by atoms with Crippen LogP contribution in [0.5, 0.6) is 5.75 Å². The van der Waals surface area contributed by atoms with Gasteiger partial charge in [0, 0.05) is 16.2 Å². The lowest BCUT2D eigenvalue weighted by atomic mass is 10.0. The van der Waals surface area contributed by atoms with Crippen molar-refractivity contribution in [1.29, 1.82) is 0 Å². The van der Waals surface area contributed by atoms with Crippen LogP contribution in [0.2, 0.25) is 0 Å². The minimum Gasteiger partial charge on any atom is -0.507 e. The van der Waals surface area contributed by atoms with Crippen molar-refractivity contribution in [1.82, 2.24) is 0 Å². The van der Waals surface area contributed by atoms with Crippen LogP contribution in [0.25, 0.3) is 10.1 Å². The Labute approximate surface area is 136 Å². The average Bonchev–Trinajstić information content (AvgIpc) is 3.08. The van der Waals surface area contributed by atoms with E-state index in [1.807, 2.05) is 0 Å². The predicted octanol–water partition coefficient (Wildman–Crippen LogP) is 2.81. The smallest absolute Gasteiger partial charge is 0.341 e. The highest BCUT2D eigenvalue weighted by atomic mass is 32.1. The van der Waals surface area contributed by atoms with Crippen LogP contribution in [0, 0.1) is 0 Å². The Balaban J connectivity index is 2.01. The first kappa shape index (κ1) is 15.7. The third-order valence-corrected chi connectivity index (χ3v) is 4.74. The molecule has 2 aromatic rings. The molecule has 0 bridgehead atoms. The number of fused-ring (bicyclic) bond motifs is 3. The van der Waals surface area contributed by atoms with E-state index in [2.05, 4.69) is 0 Å². The van der Waals surface area contributed by atoms with Gasteiger partial charge in [-0.3, -0.25) is 0 Å². The van der Waals surface area contributed by atoms with E-state index in [-0.39, 0.29) is 19.0 Å². The number of allylic oxidation sites excluding steroid dienone is 2. The van der Waals surface area contributed by atoms with Crippen molar-refractivity contribution >= 4 is 27.4 Å². The van der Waals surface area contributed by atoms with Crippen LogP contribution in [0.4, 0.5) is 0 Å². The molecule has 120 valence electrons. The van der Waals surface area contributed by atoms with Gasteiger partial charge in [0.25, 0.3) is 0 Å². The number of hydrogen-bond donors (Lipinski definition) is 3. The summed E-state index contributed by atoms with van der Waals surface area (Å²) in [6.45, 7) is -0.0289. The average molecular weight is 332 g/mol. The Kier molecular flexibility index (Phi) is 4.47. The van der Waals surface area contributed by atoms with Crippen molar-refractivity contribution in [2.24, 2.45) is 0 Å². The summed E-state index contributed by atoms with van der Waals surface area (Å²) in [4.78, 5) is 12.9. The maximum absolute atomic E-state index is 12.2. The Morgan fingerprint density at radius 1 is 1.26 bits per heavy atom. The molecule has 1 atom stereocenters. The van der Waals surface area contributed by atoms with Crippen molar-refractivity contribution in [3.8, 4) is 5.75 Å². The molecule has 5 nitrogen and oxygen atoms in total. The lowest BCUT2D eigenvalue weighted by molar-refractivity contribution is 0.0467. The fourth-order valence-electron chi connectivity index (χ4n) is 2.59. The first-order valence-corrected chi connectivity index (χ1v) is 8.01. The van der Waals surface area contributed by atoms with E-state index in [0.29, 0.717) is 17.5 Å². The SMILES string of the molecule is O=C1O[C@H](/C=C/C=C/CCO)c2c(O)cc3cc(CO)sc3c21. The van der Waals surface area contributed by atoms with Crippen LogP contribution in [0.3, 0.4) is 0 Å². The van der Waals surface area contributed by atoms with Crippen molar-refractivity contribution in [3.63, 3.8) is 0 Å². The number of hydrogen-bond acceptors (Lipinski definition) is 6. The third kappa shape index (κ3) is 2.88. The summed E-state index contributed by atoms with van der Waals surface area (Å²) in [7, 11) is 0. The molecular formula is C17H16O5S. The van der Waals surface area contributed by atoms with E-state index < -0.39 is 12.1 Å². The van der Waals surface area contributed by atoms with Gasteiger partial charge in [0.1, 0.15) is 5.75 Å². The number of aliphatic hydroxyl groups excluding tert-OH is 2. The highest BCUT2D eigenvalue weighted by Gasteiger charge is 2.35. The molecule has 0 unspecified atom stereocenters. The zero-order valence-corrected chi connectivity index (χ0v) is 13.0. The molecule has 0 amide bonds. The number of esters is 1. The third-order valence-electron chi connectivity index (χ3n) is 3.58. The second-order valence-electron chi connectivity index (χ2n) is 5.12. The number of rotatable bonds is 5. The zero-order valence-electron chi connectivity index (χ0n) is 12.2. The lowest BCUT2D eigenvalue weighted by Crippen LogP contribution is -1.95. The summed E-state index contributed by atoms with van der Waals surface area (Å²) in [6, 6.07) is 3.35. The number of cyclic esters (lactones) is 1. The lowest BCUT2D eigenvalue weighted by Gasteiger charge is -2.06. The molecule has 0 saturated carbocycles. The molecule has 0 saturated heterocycles. The fourth-order valence-corrected chi connectivity index (χ4v) is 3.63. The number of aromatic hydroxyl groups is 1. The Morgan fingerprint density at radius 2 is 2.09 bits per heavy atom. The first-order valence-electron chi connectivity index (χ1n) is 7.20. The van der Waals surface area contributed by atoms with Gasteiger partial charge in [0.05, 0.1) is 17.7 Å². The van der Waals surface area contributed by atoms with E-state index in [0.717, 1.165) is 15.0 Å². The number of phenols is 1. The second-order valence-corrected chi connectivity index (χ2v) is 6.26. The molecule has 6 heteroatoms. The molecule has 0 aliphatic carbocycles. The van der Waals surface area contributed by atoms with E-state index in [4.69, 9.17) is 9.84 Å². The van der Waals surface area contributed by atoms with Gasteiger partial charge in [0.15, 0.2) is 6.10 Å². The van der Waals surface area contributed by atoms with Crippen molar-refractivity contribution in [2.45, 2.75) is 19.1 Å². The summed E-state index contributed by atoms with van der Waals surface area (Å²) < 4.78 is 6.07. The van der Waals surface area contributed by atoms with Crippen LogP contribution in [-0.2, 0) is 11.3 Å². The summed E-state index contributed by atoms with van der Waals surface area (Å²) in [5, 5.41) is 29.0. The predicted molar refractivity (Wildman–Crippen MR) is 87.6 cm³/mol. The summed E-state index contributed by atoms with van der Waals surface area (Å²) in [5.74, 6) is -0.462. The minimum absolute atomic E-state index is 0.00891. The molecule has 3 rings (SSSR count). The number of carbonyl (C=O) groups is 1. The maximum Gasteiger partial charge on any atom is 0.341 e. The Morgan fingerprint density at radius 3 is 2.83 bits per heavy atom. The molecule has 0 radical (unpaired) electrons. The highest BCUT2D eigenvalue weighted by Crippen LogP contribution is 2.44. The molecule has 1 aliphatic rings. The van der Waals surface area contributed by atoms with Crippen LogP contribution >= 0.6 is 11.3 Å². The van der Waals surface area contributed by atoms with Crippen LogP contribution < -0.4 is 0 Å². The standard InChI is InChI=1S/C17H16O5S/c18-6-4-2-1-3-5-13-14-12(20)8-10-7-11(9-19)23-16(10)15(14)17(21)22-13/h1-3,5,7-8,13,18-20H,4,6,9H2/b2-1+,5-3+/t13-/m1/s1. The highest BCUT2D eigenvalue weighted by molar-refractivity contribution is 7.19. The van der Waals surface area contributed by atoms with Crippen molar-refractivity contribution < 1.29 is 24.9 Å². The van der Waals surface area contributed by atoms with E-state index in [1.54, 1.807) is 36.4 Å². The molecule has 0 fully saturated rings. The van der Waals surface area contributed by atoms with Crippen molar-refractivity contribution in [2.75, 3.05) is 6.61 Å². The normalized spacial score (nSPS) is 17.5. The Bertz CT molecular complexity index is 803. The largest absolute Gasteiger partial charge is 0.507 e. The molecular weight excluding hydrogens is 316 g/mol. The fraction of sp³-hybridized carbons (Fsp3) is 0.235. The van der Waals surface area contributed by atoms with Crippen molar-refractivity contribution in [3.05, 3.63) is 52.4 Å². The summed E-state index contributed by atoms with van der Waals surface area (Å²) in [6.07, 6.45) is 6.87. The second kappa shape index (κ2) is 6.54. The molecule has 23 heavy (non-hydrogen) atoms. The number of ether oxygens (including phenoxy) is 1. The monoisotopic (exact) mass is 332 g/mol. The molecule has 2 heterocycles. The van der Waals surface area contributed by atoms with Gasteiger partial charge in [-0.05, 0) is 30.0 Å². The van der Waals surface area contributed by atoms with Gasteiger partial charge >= 0.3 is 5.97 Å². The summed E-state index contributed by atoms with van der Waals surface area (Å²) in [5.41, 5.74) is 0.833. The van der Waals surface area contributed by atoms with Gasteiger partial charge in [-0.1, -0.05) is 18.2 Å². The van der Waals surface area contributed by atoms with Crippen LogP contribution in [0.1, 0.15) is 33.3 Å². The number of aliphatic hydroxyl groups is 2. The van der Waals surface area contributed by atoms with Crippen LogP contribution in [-0.4, -0.2) is 27.9 Å². The van der Waals surface area contributed by atoms with Crippen LogP contribution in [0.15, 0.2) is 36.4 Å². The van der Waals surface area contributed by atoms with Gasteiger partial charge in [-0.15, -0.1) is 11.3 Å². The first-order chi connectivity index (χ1) is 11.2. The van der Waals surface area contributed by atoms with Gasteiger partial charge < -0.3 is 20.1 Å². The molecule has 1 aliphatic heterocycles. The van der Waals surface area contributed by atoms with E-state index >= 15 is 0 Å². The topological polar surface area (TPSA) is 87.0 Å². The molecule has 1 aromatic heterocycles. The number of phenolic OH excluding ortho intramolecular Hbond substituents is 1. The van der Waals surface area contributed by atoms with E-state index in [9.17, 15) is 15.0 Å². The van der Waals surface area contributed by atoms with E-state index in [1.165, 1.54) is 11.3 Å².